The van der Waals surface area contributed by atoms with Gasteiger partial charge < -0.3 is 4.74 Å². The van der Waals surface area contributed by atoms with Crippen molar-refractivity contribution >= 4 is 11.5 Å². The first-order valence-corrected chi connectivity index (χ1v) is 5.83. The molecule has 18 heavy (non-hydrogen) atoms. The predicted octanol–water partition coefficient (Wildman–Crippen LogP) is 3.11. The Morgan fingerprint density at radius 2 is 2.06 bits per heavy atom. The molecule has 0 fully saturated rings. The van der Waals surface area contributed by atoms with Crippen molar-refractivity contribution in [3.05, 3.63) is 41.7 Å². The molecule has 0 aliphatic carbocycles. The summed E-state index contributed by atoms with van der Waals surface area (Å²) in [6.07, 6.45) is 1.90. The second-order valence-electron chi connectivity index (χ2n) is 4.19. The van der Waals surface area contributed by atoms with Gasteiger partial charge in [-0.1, -0.05) is 12.1 Å². The number of aliphatic imine (C=N–C) groups is 1. The lowest BCUT2D eigenvalue weighted by molar-refractivity contribution is 0.413. The summed E-state index contributed by atoms with van der Waals surface area (Å²) in [4.78, 5) is 4.57. The third-order valence-corrected chi connectivity index (χ3v) is 2.73. The molecule has 2 rings (SSSR count). The van der Waals surface area contributed by atoms with Gasteiger partial charge in [0.2, 0.25) is 0 Å². The van der Waals surface area contributed by atoms with Crippen LogP contribution in [0.4, 0.5) is 5.69 Å². The Balaban J connectivity index is 2.41. The second-order valence-corrected chi connectivity index (χ2v) is 4.19. The van der Waals surface area contributed by atoms with Crippen molar-refractivity contribution in [2.24, 2.45) is 4.99 Å². The smallest absolute Gasteiger partial charge is 0.147 e. The molecule has 2 aromatic rings. The van der Waals surface area contributed by atoms with Crippen molar-refractivity contribution in [1.82, 2.24) is 9.78 Å². The average molecular weight is 243 g/mol. The summed E-state index contributed by atoms with van der Waals surface area (Å²) in [6.45, 7) is 5.89. The molecule has 94 valence electrons. The van der Waals surface area contributed by atoms with Crippen LogP contribution in [0.5, 0.6) is 5.75 Å². The lowest BCUT2D eigenvalue weighted by Gasteiger charge is -2.08. The zero-order valence-electron chi connectivity index (χ0n) is 11.1. The van der Waals surface area contributed by atoms with E-state index in [1.165, 1.54) is 0 Å². The van der Waals surface area contributed by atoms with E-state index in [4.69, 9.17) is 4.74 Å². The van der Waals surface area contributed by atoms with Gasteiger partial charge in [0.15, 0.2) is 0 Å². The van der Waals surface area contributed by atoms with Gasteiger partial charge in [-0.25, -0.2) is 9.67 Å². The van der Waals surface area contributed by atoms with E-state index in [1.54, 1.807) is 11.8 Å². The summed E-state index contributed by atoms with van der Waals surface area (Å²) >= 11 is 0. The van der Waals surface area contributed by atoms with Crippen LogP contribution in [0.3, 0.4) is 0 Å². The maximum absolute atomic E-state index is 5.38. The highest BCUT2D eigenvalue weighted by Gasteiger charge is 2.06. The molecule has 0 bridgehead atoms. The molecule has 4 heteroatoms. The molecule has 0 radical (unpaired) electrons. The molecule has 1 heterocycles. The van der Waals surface area contributed by atoms with Gasteiger partial charge in [-0.15, -0.1) is 0 Å². The van der Waals surface area contributed by atoms with Crippen LogP contribution in [-0.4, -0.2) is 22.7 Å². The fourth-order valence-corrected chi connectivity index (χ4v) is 1.81. The summed E-state index contributed by atoms with van der Waals surface area (Å²) in [5.74, 6) is 1.62. The minimum absolute atomic E-state index is 0.806. The summed E-state index contributed by atoms with van der Waals surface area (Å²) in [7, 11) is 1.66. The van der Waals surface area contributed by atoms with Crippen molar-refractivity contribution in [2.75, 3.05) is 7.11 Å². The average Bonchev–Trinajstić information content (AvgIpc) is 2.76. The number of aryl methyl sites for hydroxylation is 2. The normalized spacial score (nSPS) is 11.7. The number of nitrogens with zero attached hydrogens (tertiary/aromatic N) is 3. The maximum Gasteiger partial charge on any atom is 0.147 e. The number of benzene rings is 1. The molecule has 0 spiro atoms. The lowest BCUT2D eigenvalue weighted by Crippen LogP contribution is -2.07. The lowest BCUT2D eigenvalue weighted by atomic mass is 10.2. The van der Waals surface area contributed by atoms with E-state index in [0.717, 1.165) is 28.5 Å². The van der Waals surface area contributed by atoms with Crippen molar-refractivity contribution in [3.8, 4) is 5.75 Å². The number of para-hydroxylation sites is 1. The number of rotatable bonds is 2. The summed E-state index contributed by atoms with van der Waals surface area (Å²) in [5.41, 5.74) is 2.87. The summed E-state index contributed by atoms with van der Waals surface area (Å²) in [5, 5.41) is 4.33. The van der Waals surface area contributed by atoms with Gasteiger partial charge in [0, 0.05) is 6.20 Å². The third kappa shape index (κ3) is 2.42. The Labute approximate surface area is 107 Å². The molecule has 0 amide bonds. The molecule has 0 saturated heterocycles. The number of ether oxygens (including phenoxy) is 1. The zero-order chi connectivity index (χ0) is 13.1. The summed E-state index contributed by atoms with van der Waals surface area (Å²) < 4.78 is 7.14. The van der Waals surface area contributed by atoms with Gasteiger partial charge in [-0.2, -0.15) is 5.10 Å². The van der Waals surface area contributed by atoms with Gasteiger partial charge in [0.1, 0.15) is 17.3 Å². The van der Waals surface area contributed by atoms with Crippen LogP contribution in [-0.2, 0) is 0 Å². The highest BCUT2D eigenvalue weighted by molar-refractivity contribution is 5.84. The highest BCUT2D eigenvalue weighted by Crippen LogP contribution is 2.30. The Morgan fingerprint density at radius 1 is 1.28 bits per heavy atom. The molecule has 4 nitrogen and oxygen atoms in total. The van der Waals surface area contributed by atoms with E-state index >= 15 is 0 Å². The van der Waals surface area contributed by atoms with Gasteiger partial charge in [0.05, 0.1) is 12.8 Å². The molecule has 1 aromatic heterocycles. The fraction of sp³-hybridized carbons (Fsp3) is 0.286. The van der Waals surface area contributed by atoms with Crippen molar-refractivity contribution in [2.45, 2.75) is 20.8 Å². The fourth-order valence-electron chi connectivity index (χ4n) is 1.81. The second kappa shape index (κ2) is 5.04. The van der Waals surface area contributed by atoms with Gasteiger partial charge in [-0.3, -0.25) is 0 Å². The van der Waals surface area contributed by atoms with Crippen molar-refractivity contribution in [3.63, 3.8) is 0 Å². The topological polar surface area (TPSA) is 39.4 Å². The van der Waals surface area contributed by atoms with Crippen LogP contribution < -0.4 is 4.74 Å². The first-order chi connectivity index (χ1) is 8.61. The van der Waals surface area contributed by atoms with E-state index in [0.29, 0.717) is 0 Å². The van der Waals surface area contributed by atoms with E-state index < -0.39 is 0 Å². The monoisotopic (exact) mass is 243 g/mol. The Morgan fingerprint density at radius 3 is 2.67 bits per heavy atom. The molecular formula is C14H17N3O. The SMILES string of the molecule is COc1c(C)cccc1N=C(C)n1ccc(C)n1. The molecule has 1 aromatic carbocycles. The van der Waals surface area contributed by atoms with E-state index in [1.807, 2.05) is 51.2 Å². The maximum atomic E-state index is 5.38. The standard InChI is InChI=1S/C14H17N3O/c1-10-6-5-7-13(14(10)18-4)15-12(3)17-9-8-11(2)16-17/h5-9H,1-4H3. The predicted molar refractivity (Wildman–Crippen MR) is 72.9 cm³/mol. The number of methoxy groups -OCH3 is 1. The molecule has 0 saturated carbocycles. The van der Waals surface area contributed by atoms with Gasteiger partial charge >= 0.3 is 0 Å². The Bertz CT molecular complexity index is 584. The Hall–Kier alpha value is -2.10. The third-order valence-electron chi connectivity index (χ3n) is 2.73. The molecule has 0 N–H and O–H groups in total. The van der Waals surface area contributed by atoms with Crippen LogP contribution >= 0.6 is 0 Å². The first kappa shape index (κ1) is 12.4. The van der Waals surface area contributed by atoms with Crippen molar-refractivity contribution < 1.29 is 4.74 Å². The van der Waals surface area contributed by atoms with E-state index in [2.05, 4.69) is 10.1 Å². The minimum atomic E-state index is 0.806. The number of hydrogen-bond donors (Lipinski definition) is 0. The number of aromatic nitrogens is 2. The van der Waals surface area contributed by atoms with Crippen LogP contribution in [0.2, 0.25) is 0 Å². The largest absolute Gasteiger partial charge is 0.494 e. The van der Waals surface area contributed by atoms with Crippen molar-refractivity contribution in [1.29, 1.82) is 0 Å². The van der Waals surface area contributed by atoms with Crippen LogP contribution in [0, 0.1) is 13.8 Å². The molecule has 0 unspecified atom stereocenters. The summed E-state index contributed by atoms with van der Waals surface area (Å²) in [6, 6.07) is 7.86. The molecular weight excluding hydrogens is 226 g/mol. The Kier molecular flexibility index (Phi) is 3.46. The van der Waals surface area contributed by atoms with Gasteiger partial charge in [0.25, 0.3) is 0 Å². The molecule has 0 atom stereocenters. The quantitative estimate of drug-likeness (QED) is 0.600. The van der Waals surface area contributed by atoms with Gasteiger partial charge in [-0.05, 0) is 38.5 Å². The van der Waals surface area contributed by atoms with Crippen LogP contribution in [0.1, 0.15) is 18.2 Å². The van der Waals surface area contributed by atoms with E-state index in [9.17, 15) is 0 Å². The molecule has 0 aliphatic rings. The van der Waals surface area contributed by atoms with Crippen LogP contribution in [0.15, 0.2) is 35.5 Å². The number of hydrogen-bond acceptors (Lipinski definition) is 3. The first-order valence-electron chi connectivity index (χ1n) is 5.83. The van der Waals surface area contributed by atoms with E-state index in [-0.39, 0.29) is 0 Å². The molecule has 0 aliphatic heterocycles. The highest BCUT2D eigenvalue weighted by atomic mass is 16.5. The van der Waals surface area contributed by atoms with Crippen LogP contribution in [0.25, 0.3) is 0 Å². The minimum Gasteiger partial charge on any atom is -0.494 e. The zero-order valence-corrected chi connectivity index (χ0v) is 11.1.